The fourth-order valence-corrected chi connectivity index (χ4v) is 2.33. The van der Waals surface area contributed by atoms with Crippen molar-refractivity contribution in [3.63, 3.8) is 0 Å². The average molecular weight is 244 g/mol. The van der Waals surface area contributed by atoms with Gasteiger partial charge in [-0.3, -0.25) is 0 Å². The predicted molar refractivity (Wildman–Crippen MR) is 71.6 cm³/mol. The first-order chi connectivity index (χ1) is 8.79. The van der Waals surface area contributed by atoms with Gasteiger partial charge in [-0.1, -0.05) is 6.07 Å². The van der Waals surface area contributed by atoms with Crippen molar-refractivity contribution in [1.29, 1.82) is 5.26 Å². The SMILES string of the molecule is Cc1ccc(C#N)cc1OCCC1CCNCC1. The Morgan fingerprint density at radius 2 is 2.17 bits per heavy atom. The van der Waals surface area contributed by atoms with Crippen LogP contribution in [-0.4, -0.2) is 19.7 Å². The molecule has 1 aliphatic rings. The van der Waals surface area contributed by atoms with Gasteiger partial charge in [-0.15, -0.1) is 0 Å². The molecule has 1 aromatic rings. The van der Waals surface area contributed by atoms with E-state index in [9.17, 15) is 0 Å². The van der Waals surface area contributed by atoms with Crippen LogP contribution in [0.4, 0.5) is 0 Å². The largest absolute Gasteiger partial charge is 0.493 e. The summed E-state index contributed by atoms with van der Waals surface area (Å²) in [6.07, 6.45) is 3.61. The Labute approximate surface area is 109 Å². The third-order valence-corrected chi connectivity index (χ3v) is 3.56. The molecule has 2 rings (SSSR count). The number of aryl methyl sites for hydroxylation is 1. The molecule has 0 bridgehead atoms. The molecule has 0 atom stereocenters. The van der Waals surface area contributed by atoms with Crippen molar-refractivity contribution in [2.24, 2.45) is 5.92 Å². The van der Waals surface area contributed by atoms with E-state index in [4.69, 9.17) is 10.00 Å². The van der Waals surface area contributed by atoms with Crippen LogP contribution in [0.15, 0.2) is 18.2 Å². The molecule has 0 unspecified atom stereocenters. The third-order valence-electron chi connectivity index (χ3n) is 3.56. The van der Waals surface area contributed by atoms with Gasteiger partial charge in [0.05, 0.1) is 18.2 Å². The molecule has 18 heavy (non-hydrogen) atoms. The van der Waals surface area contributed by atoms with Crippen LogP contribution in [0.25, 0.3) is 0 Å². The lowest BCUT2D eigenvalue weighted by Crippen LogP contribution is -2.28. The van der Waals surface area contributed by atoms with Gasteiger partial charge in [0.25, 0.3) is 0 Å². The van der Waals surface area contributed by atoms with Crippen LogP contribution in [0.2, 0.25) is 0 Å². The minimum atomic E-state index is 0.664. The Balaban J connectivity index is 1.84. The van der Waals surface area contributed by atoms with Gasteiger partial charge in [0.2, 0.25) is 0 Å². The first kappa shape index (κ1) is 12.9. The zero-order valence-electron chi connectivity index (χ0n) is 10.9. The second-order valence-electron chi connectivity index (χ2n) is 4.92. The van der Waals surface area contributed by atoms with Crippen LogP contribution < -0.4 is 10.1 Å². The van der Waals surface area contributed by atoms with Gasteiger partial charge in [0.15, 0.2) is 0 Å². The molecule has 0 saturated carbocycles. The zero-order chi connectivity index (χ0) is 12.8. The lowest BCUT2D eigenvalue weighted by Gasteiger charge is -2.22. The van der Waals surface area contributed by atoms with Gasteiger partial charge in [0.1, 0.15) is 5.75 Å². The normalized spacial score (nSPS) is 16.2. The highest BCUT2D eigenvalue weighted by molar-refractivity contribution is 5.41. The summed E-state index contributed by atoms with van der Waals surface area (Å²) in [4.78, 5) is 0. The van der Waals surface area contributed by atoms with Crippen molar-refractivity contribution in [2.75, 3.05) is 19.7 Å². The van der Waals surface area contributed by atoms with Crippen molar-refractivity contribution in [3.8, 4) is 11.8 Å². The van der Waals surface area contributed by atoms with Crippen molar-refractivity contribution in [1.82, 2.24) is 5.32 Å². The monoisotopic (exact) mass is 244 g/mol. The number of nitriles is 1. The van der Waals surface area contributed by atoms with Crippen molar-refractivity contribution >= 4 is 0 Å². The molecule has 1 heterocycles. The number of ether oxygens (including phenoxy) is 1. The van der Waals surface area contributed by atoms with E-state index in [-0.39, 0.29) is 0 Å². The number of nitrogens with zero attached hydrogens (tertiary/aromatic N) is 1. The summed E-state index contributed by atoms with van der Waals surface area (Å²) in [6.45, 7) is 5.03. The number of nitrogens with one attached hydrogen (secondary N) is 1. The summed E-state index contributed by atoms with van der Waals surface area (Å²) < 4.78 is 5.81. The average Bonchev–Trinajstić information content (AvgIpc) is 2.42. The van der Waals surface area contributed by atoms with E-state index in [0.717, 1.165) is 43.3 Å². The van der Waals surface area contributed by atoms with Crippen LogP contribution >= 0.6 is 0 Å². The molecule has 1 aromatic carbocycles. The van der Waals surface area contributed by atoms with Crippen LogP contribution in [-0.2, 0) is 0 Å². The van der Waals surface area contributed by atoms with E-state index >= 15 is 0 Å². The number of hydrogen-bond acceptors (Lipinski definition) is 3. The van der Waals surface area contributed by atoms with Gasteiger partial charge in [0, 0.05) is 0 Å². The molecule has 3 heteroatoms. The maximum absolute atomic E-state index is 8.87. The molecular weight excluding hydrogens is 224 g/mol. The van der Waals surface area contributed by atoms with E-state index < -0.39 is 0 Å². The highest BCUT2D eigenvalue weighted by Gasteiger charge is 2.13. The molecule has 1 N–H and O–H groups in total. The molecular formula is C15H20N2O. The van der Waals surface area contributed by atoms with E-state index in [1.165, 1.54) is 12.8 Å². The van der Waals surface area contributed by atoms with Crippen molar-refractivity contribution < 1.29 is 4.74 Å². The first-order valence-corrected chi connectivity index (χ1v) is 6.64. The summed E-state index contributed by atoms with van der Waals surface area (Å²) >= 11 is 0. The minimum absolute atomic E-state index is 0.664. The molecule has 0 spiro atoms. The molecule has 1 aliphatic heterocycles. The van der Waals surface area contributed by atoms with Gasteiger partial charge in [-0.25, -0.2) is 0 Å². The molecule has 96 valence electrons. The maximum atomic E-state index is 8.87. The summed E-state index contributed by atoms with van der Waals surface area (Å²) in [7, 11) is 0. The summed E-state index contributed by atoms with van der Waals surface area (Å²) in [5.41, 5.74) is 1.76. The summed E-state index contributed by atoms with van der Waals surface area (Å²) in [5.74, 6) is 1.63. The fourth-order valence-electron chi connectivity index (χ4n) is 2.33. The quantitative estimate of drug-likeness (QED) is 0.885. The minimum Gasteiger partial charge on any atom is -0.493 e. The molecule has 0 amide bonds. The van der Waals surface area contributed by atoms with E-state index in [0.29, 0.717) is 5.56 Å². The molecule has 1 fully saturated rings. The van der Waals surface area contributed by atoms with Crippen LogP contribution in [0.5, 0.6) is 5.75 Å². The lowest BCUT2D eigenvalue weighted by molar-refractivity contribution is 0.250. The lowest BCUT2D eigenvalue weighted by atomic mass is 9.95. The van der Waals surface area contributed by atoms with Gasteiger partial charge < -0.3 is 10.1 Å². The van der Waals surface area contributed by atoms with Crippen LogP contribution in [0, 0.1) is 24.2 Å². The highest BCUT2D eigenvalue weighted by Crippen LogP contribution is 2.21. The Hall–Kier alpha value is -1.53. The van der Waals surface area contributed by atoms with Crippen LogP contribution in [0.1, 0.15) is 30.4 Å². The molecule has 1 saturated heterocycles. The zero-order valence-corrected chi connectivity index (χ0v) is 10.9. The van der Waals surface area contributed by atoms with Gasteiger partial charge in [-0.05, 0) is 62.9 Å². The second-order valence-corrected chi connectivity index (χ2v) is 4.92. The number of rotatable bonds is 4. The number of hydrogen-bond donors (Lipinski definition) is 1. The second kappa shape index (κ2) is 6.42. The third kappa shape index (κ3) is 3.48. The smallest absolute Gasteiger partial charge is 0.123 e. The standard InChI is InChI=1S/C15H20N2O/c1-12-2-3-14(11-16)10-15(12)18-9-6-13-4-7-17-8-5-13/h2-3,10,13,17H,4-9H2,1H3. The first-order valence-electron chi connectivity index (χ1n) is 6.64. The number of piperidine rings is 1. The van der Waals surface area contributed by atoms with Crippen molar-refractivity contribution in [2.45, 2.75) is 26.2 Å². The molecule has 0 radical (unpaired) electrons. The Morgan fingerprint density at radius 1 is 1.39 bits per heavy atom. The summed E-state index contributed by atoms with van der Waals surface area (Å²) in [6, 6.07) is 7.75. The summed E-state index contributed by atoms with van der Waals surface area (Å²) in [5, 5.41) is 12.2. The molecule has 0 aliphatic carbocycles. The highest BCUT2D eigenvalue weighted by atomic mass is 16.5. The molecule has 0 aromatic heterocycles. The van der Waals surface area contributed by atoms with Gasteiger partial charge in [-0.2, -0.15) is 5.26 Å². The number of benzene rings is 1. The van der Waals surface area contributed by atoms with Crippen molar-refractivity contribution in [3.05, 3.63) is 29.3 Å². The molecule has 3 nitrogen and oxygen atoms in total. The van der Waals surface area contributed by atoms with Crippen LogP contribution in [0.3, 0.4) is 0 Å². The van der Waals surface area contributed by atoms with E-state index in [2.05, 4.69) is 11.4 Å². The van der Waals surface area contributed by atoms with E-state index in [1.54, 1.807) is 0 Å². The Morgan fingerprint density at radius 3 is 2.89 bits per heavy atom. The maximum Gasteiger partial charge on any atom is 0.123 e. The Bertz CT molecular complexity index is 431. The van der Waals surface area contributed by atoms with E-state index in [1.807, 2.05) is 25.1 Å². The van der Waals surface area contributed by atoms with Gasteiger partial charge >= 0.3 is 0 Å². The predicted octanol–water partition coefficient (Wildman–Crippen LogP) is 2.64. The fraction of sp³-hybridized carbons (Fsp3) is 0.533. The topological polar surface area (TPSA) is 45.0 Å². The Kier molecular flexibility index (Phi) is 4.60.